The average molecular weight is 538 g/mol. The van der Waals surface area contributed by atoms with E-state index in [1.165, 1.54) is 12.1 Å². The summed E-state index contributed by atoms with van der Waals surface area (Å²) >= 11 is 0. The van der Waals surface area contributed by atoms with Crippen LogP contribution in [0, 0.1) is 5.82 Å². The quantitative estimate of drug-likeness (QED) is 0.328. The third-order valence-corrected chi connectivity index (χ3v) is 7.24. The maximum Gasteiger partial charge on any atom is 0.305 e. The minimum atomic E-state index is -1.16. The highest BCUT2D eigenvalue weighted by Crippen LogP contribution is 2.35. The lowest BCUT2D eigenvalue weighted by molar-refractivity contribution is -0.139. The van der Waals surface area contributed by atoms with Crippen LogP contribution in [-0.2, 0) is 11.2 Å². The molecule has 3 aromatic rings. The number of hydrogen-bond donors (Lipinski definition) is 3. The van der Waals surface area contributed by atoms with E-state index >= 15 is 0 Å². The van der Waals surface area contributed by atoms with Gasteiger partial charge in [-0.05, 0) is 67.9 Å². The molecular weight excluding hydrogens is 501 g/mol. The number of carboxylic acids is 1. The fourth-order valence-electron chi connectivity index (χ4n) is 5.45. The van der Waals surface area contributed by atoms with Gasteiger partial charge >= 0.3 is 5.97 Å². The Labute approximate surface area is 227 Å². The van der Waals surface area contributed by atoms with Crippen molar-refractivity contribution in [1.82, 2.24) is 14.7 Å². The highest BCUT2D eigenvalue weighted by Gasteiger charge is 2.35. The van der Waals surface area contributed by atoms with Gasteiger partial charge in [0.05, 0.1) is 30.4 Å². The molecule has 1 unspecified atom stereocenters. The van der Waals surface area contributed by atoms with E-state index in [-0.39, 0.29) is 30.7 Å². The number of hydrogen-bond acceptors (Lipinski definition) is 5. The zero-order chi connectivity index (χ0) is 28.1. The summed E-state index contributed by atoms with van der Waals surface area (Å²) in [6.45, 7) is 4.59. The van der Waals surface area contributed by atoms with E-state index in [0.29, 0.717) is 24.3 Å². The molecule has 0 bridgehead atoms. The molecule has 1 aliphatic rings. The van der Waals surface area contributed by atoms with Crippen molar-refractivity contribution in [3.05, 3.63) is 82.9 Å². The van der Waals surface area contributed by atoms with Crippen molar-refractivity contribution in [2.24, 2.45) is 0 Å². The van der Waals surface area contributed by atoms with Crippen LogP contribution < -0.4 is 0 Å². The summed E-state index contributed by atoms with van der Waals surface area (Å²) in [4.78, 5) is 26.8. The summed E-state index contributed by atoms with van der Waals surface area (Å²) in [5, 5.41) is 34.2. The molecule has 4 rings (SSSR count). The van der Waals surface area contributed by atoms with E-state index in [9.17, 15) is 24.2 Å². The van der Waals surface area contributed by atoms with E-state index in [0.717, 1.165) is 29.7 Å². The number of aliphatic carboxylic acids is 1. The maximum absolute atomic E-state index is 14.0. The molecule has 3 N–H and O–H groups in total. The number of carbonyl (C=O) groups excluding carboxylic acids is 1. The SMILES string of the molecule is CC(C)c1c(C(=O)N2CCCC2c2ccccc2)nn(-c2ccc(F)cc2)c1CC[C@@H](O)C[C@@H](O)CC(=O)O. The summed E-state index contributed by atoms with van der Waals surface area (Å²) < 4.78 is 15.4. The zero-order valence-electron chi connectivity index (χ0n) is 22.3. The van der Waals surface area contributed by atoms with Crippen molar-refractivity contribution in [3.8, 4) is 5.69 Å². The Morgan fingerprint density at radius 1 is 1.05 bits per heavy atom. The van der Waals surface area contributed by atoms with Crippen molar-refractivity contribution in [2.75, 3.05) is 6.54 Å². The highest BCUT2D eigenvalue weighted by molar-refractivity contribution is 5.95. The van der Waals surface area contributed by atoms with Crippen LogP contribution in [0.1, 0.15) is 85.2 Å². The van der Waals surface area contributed by atoms with Gasteiger partial charge in [0.25, 0.3) is 5.91 Å². The van der Waals surface area contributed by atoms with Crippen molar-refractivity contribution in [3.63, 3.8) is 0 Å². The van der Waals surface area contributed by atoms with Crippen molar-refractivity contribution in [1.29, 1.82) is 0 Å². The first-order valence-electron chi connectivity index (χ1n) is 13.5. The fraction of sp³-hybridized carbons (Fsp3) is 0.433. The molecular formula is C30H36FN3O5. The average Bonchev–Trinajstić information content (AvgIpc) is 3.53. The van der Waals surface area contributed by atoms with E-state index in [1.54, 1.807) is 16.8 Å². The number of nitrogens with zero attached hydrogens (tertiary/aromatic N) is 3. The molecule has 1 amide bonds. The van der Waals surface area contributed by atoms with Crippen LogP contribution in [0.3, 0.4) is 0 Å². The Kier molecular flexibility index (Phi) is 9.14. The van der Waals surface area contributed by atoms with Crippen LogP contribution in [0.25, 0.3) is 5.69 Å². The Hall–Kier alpha value is -3.56. The highest BCUT2D eigenvalue weighted by atomic mass is 19.1. The van der Waals surface area contributed by atoms with Crippen LogP contribution in [0.5, 0.6) is 0 Å². The lowest BCUT2D eigenvalue weighted by atomic mass is 9.95. The molecule has 8 nitrogen and oxygen atoms in total. The number of aliphatic hydroxyl groups is 2. The molecule has 0 saturated carbocycles. The van der Waals surface area contributed by atoms with Gasteiger partial charge in [0.15, 0.2) is 5.69 Å². The molecule has 9 heteroatoms. The number of amides is 1. The number of benzene rings is 2. The minimum absolute atomic E-state index is 0.0457. The van der Waals surface area contributed by atoms with Gasteiger partial charge in [-0.3, -0.25) is 9.59 Å². The van der Waals surface area contributed by atoms with Gasteiger partial charge < -0.3 is 20.2 Å². The van der Waals surface area contributed by atoms with Gasteiger partial charge in [-0.1, -0.05) is 44.2 Å². The number of carboxylic acid groups (broad SMARTS) is 1. The predicted molar refractivity (Wildman–Crippen MR) is 144 cm³/mol. The smallest absolute Gasteiger partial charge is 0.305 e. The predicted octanol–water partition coefficient (Wildman–Crippen LogP) is 4.63. The molecule has 39 heavy (non-hydrogen) atoms. The molecule has 0 aliphatic carbocycles. The second kappa shape index (κ2) is 12.5. The number of halogens is 1. The van der Waals surface area contributed by atoms with Crippen LogP contribution in [0.2, 0.25) is 0 Å². The summed E-state index contributed by atoms with van der Waals surface area (Å²) in [7, 11) is 0. The number of likely N-dealkylation sites (tertiary alicyclic amines) is 1. The number of aromatic nitrogens is 2. The molecule has 3 atom stereocenters. The molecule has 1 aromatic heterocycles. The van der Waals surface area contributed by atoms with Gasteiger partial charge in [-0.25, -0.2) is 9.07 Å². The Morgan fingerprint density at radius 2 is 1.74 bits per heavy atom. The summed E-state index contributed by atoms with van der Waals surface area (Å²) in [5.74, 6) is -1.76. The molecule has 1 aliphatic heterocycles. The van der Waals surface area contributed by atoms with Gasteiger partial charge in [-0.2, -0.15) is 5.10 Å². The zero-order valence-corrected chi connectivity index (χ0v) is 22.3. The topological polar surface area (TPSA) is 116 Å². The third kappa shape index (κ3) is 6.72. The molecule has 1 fully saturated rings. The largest absolute Gasteiger partial charge is 0.481 e. The number of rotatable bonds is 11. The van der Waals surface area contributed by atoms with Gasteiger partial charge in [0, 0.05) is 17.8 Å². The third-order valence-electron chi connectivity index (χ3n) is 7.24. The minimum Gasteiger partial charge on any atom is -0.481 e. The molecule has 0 radical (unpaired) electrons. The lowest BCUT2D eigenvalue weighted by Gasteiger charge is -2.25. The van der Waals surface area contributed by atoms with E-state index in [4.69, 9.17) is 10.2 Å². The second-order valence-electron chi connectivity index (χ2n) is 10.5. The number of aliphatic hydroxyl groups excluding tert-OH is 2. The van der Waals surface area contributed by atoms with Crippen LogP contribution in [0.4, 0.5) is 4.39 Å². The van der Waals surface area contributed by atoms with Gasteiger partial charge in [-0.15, -0.1) is 0 Å². The van der Waals surface area contributed by atoms with E-state index in [1.807, 2.05) is 49.1 Å². The first-order chi connectivity index (χ1) is 18.7. The molecule has 1 saturated heterocycles. The summed E-state index contributed by atoms with van der Waals surface area (Å²) in [5.41, 5.74) is 3.50. The first-order valence-corrected chi connectivity index (χ1v) is 13.5. The standard InChI is InChI=1S/C30H36FN3O5/c1-19(2)28-26(15-14-23(35)17-24(36)18-27(37)38)34(22-12-10-21(31)11-13-22)32-29(28)30(39)33-16-6-9-25(33)20-7-4-3-5-8-20/h3-5,7-8,10-13,19,23-25,35-36H,6,9,14-18H2,1-2H3,(H,37,38)/t23-,24-,25?/m1/s1. The lowest BCUT2D eigenvalue weighted by Crippen LogP contribution is -2.31. The van der Waals surface area contributed by atoms with Crippen molar-refractivity contribution in [2.45, 2.75) is 76.5 Å². The van der Waals surface area contributed by atoms with Gasteiger partial charge in [0.2, 0.25) is 0 Å². The Morgan fingerprint density at radius 3 is 2.38 bits per heavy atom. The molecule has 208 valence electrons. The van der Waals surface area contributed by atoms with Crippen LogP contribution >= 0.6 is 0 Å². The van der Waals surface area contributed by atoms with Crippen molar-refractivity contribution < 1.29 is 29.3 Å². The Bertz CT molecular complexity index is 1280. The van der Waals surface area contributed by atoms with E-state index in [2.05, 4.69) is 0 Å². The normalized spacial score (nSPS) is 17.0. The fourth-order valence-corrected chi connectivity index (χ4v) is 5.45. The maximum atomic E-state index is 14.0. The summed E-state index contributed by atoms with van der Waals surface area (Å²) in [6.07, 6.45) is -0.323. The summed E-state index contributed by atoms with van der Waals surface area (Å²) in [6, 6.07) is 15.8. The molecule has 0 spiro atoms. The Balaban J connectivity index is 1.69. The molecule has 2 aromatic carbocycles. The monoisotopic (exact) mass is 537 g/mol. The first kappa shape index (κ1) is 28.4. The molecule has 2 heterocycles. The van der Waals surface area contributed by atoms with Crippen molar-refractivity contribution >= 4 is 11.9 Å². The van der Waals surface area contributed by atoms with E-state index < -0.39 is 30.4 Å². The second-order valence-corrected chi connectivity index (χ2v) is 10.5. The van der Waals surface area contributed by atoms with Crippen LogP contribution in [-0.4, -0.2) is 60.6 Å². The van der Waals surface area contributed by atoms with Crippen LogP contribution in [0.15, 0.2) is 54.6 Å². The van der Waals surface area contributed by atoms with Gasteiger partial charge in [0.1, 0.15) is 5.82 Å². The number of carbonyl (C=O) groups is 2.